The van der Waals surface area contributed by atoms with Crippen molar-refractivity contribution in [2.75, 3.05) is 0 Å². The molecule has 2 N–H and O–H groups in total. The van der Waals surface area contributed by atoms with Gasteiger partial charge in [0.2, 0.25) is 0 Å². The first-order valence-electron chi connectivity index (χ1n) is 6.61. The van der Waals surface area contributed by atoms with Gasteiger partial charge in [0.1, 0.15) is 23.8 Å². The van der Waals surface area contributed by atoms with Crippen LogP contribution in [0.5, 0.6) is 0 Å². The molecule has 108 valence electrons. The van der Waals surface area contributed by atoms with Crippen LogP contribution in [-0.2, 0) is 13.0 Å². The van der Waals surface area contributed by atoms with Gasteiger partial charge in [-0.05, 0) is 25.0 Å². The zero-order valence-corrected chi connectivity index (χ0v) is 11.6. The Kier molecular flexibility index (Phi) is 4.44. The van der Waals surface area contributed by atoms with E-state index in [1.54, 1.807) is 11.6 Å². The van der Waals surface area contributed by atoms with Crippen molar-refractivity contribution >= 4 is 0 Å². The first-order chi connectivity index (χ1) is 9.54. The fourth-order valence-electron chi connectivity index (χ4n) is 2.16. The monoisotopic (exact) mass is 280 g/mol. The molecule has 1 atom stereocenters. The van der Waals surface area contributed by atoms with Crippen LogP contribution in [0.1, 0.15) is 36.3 Å². The van der Waals surface area contributed by atoms with E-state index in [0.29, 0.717) is 17.9 Å². The molecule has 1 unspecified atom stereocenters. The fraction of sp³-hybridized carbons (Fsp3) is 0.429. The topological polar surface area (TPSA) is 56.7 Å². The maximum absolute atomic E-state index is 14.0. The van der Waals surface area contributed by atoms with E-state index >= 15 is 0 Å². The molecule has 1 aromatic heterocycles. The molecule has 0 aliphatic rings. The molecule has 0 spiro atoms. The highest BCUT2D eigenvalue weighted by molar-refractivity contribution is 5.29. The molecule has 6 heteroatoms. The van der Waals surface area contributed by atoms with Gasteiger partial charge in [0.15, 0.2) is 0 Å². The van der Waals surface area contributed by atoms with Gasteiger partial charge >= 0.3 is 0 Å². The van der Waals surface area contributed by atoms with E-state index in [1.165, 1.54) is 18.5 Å². The zero-order valence-electron chi connectivity index (χ0n) is 11.6. The minimum Gasteiger partial charge on any atom is -0.323 e. The van der Waals surface area contributed by atoms with Gasteiger partial charge in [0.25, 0.3) is 0 Å². The third-order valence-electron chi connectivity index (χ3n) is 3.22. The molecule has 0 radical (unpaired) electrons. The number of nitrogens with two attached hydrogens (primary N) is 1. The molecule has 4 nitrogen and oxygen atoms in total. The second kappa shape index (κ2) is 6.09. The summed E-state index contributed by atoms with van der Waals surface area (Å²) in [4.78, 5) is 4.11. The van der Waals surface area contributed by atoms with Gasteiger partial charge in [0.05, 0.1) is 0 Å². The van der Waals surface area contributed by atoms with E-state index in [9.17, 15) is 8.78 Å². The Morgan fingerprint density at radius 1 is 1.35 bits per heavy atom. The third-order valence-corrected chi connectivity index (χ3v) is 3.22. The van der Waals surface area contributed by atoms with Gasteiger partial charge in [-0.3, -0.25) is 4.68 Å². The largest absolute Gasteiger partial charge is 0.323 e. The van der Waals surface area contributed by atoms with Crippen molar-refractivity contribution in [1.29, 1.82) is 0 Å². The minimum absolute atomic E-state index is 0.0870. The van der Waals surface area contributed by atoms with Gasteiger partial charge in [-0.2, -0.15) is 5.10 Å². The van der Waals surface area contributed by atoms with Gasteiger partial charge in [-0.25, -0.2) is 13.8 Å². The Hall–Kier alpha value is -1.82. The molecule has 0 saturated heterocycles. The summed E-state index contributed by atoms with van der Waals surface area (Å²) < 4.78 is 29.5. The number of rotatable bonds is 5. The van der Waals surface area contributed by atoms with Crippen molar-refractivity contribution in [2.24, 2.45) is 5.73 Å². The standard InChI is InChI=1S/C14H18F2N4/c1-3-6-20-12(18-8-19-20)7-11(17)13-10(15)5-4-9(2)14(13)16/h4-5,8,11H,3,6-7,17H2,1-2H3. The molecule has 0 aliphatic carbocycles. The summed E-state index contributed by atoms with van der Waals surface area (Å²) in [5.74, 6) is -0.569. The molecule has 1 heterocycles. The van der Waals surface area contributed by atoms with E-state index in [1.807, 2.05) is 6.92 Å². The molecule has 0 fully saturated rings. The van der Waals surface area contributed by atoms with Crippen LogP contribution in [0, 0.1) is 18.6 Å². The van der Waals surface area contributed by atoms with Crippen LogP contribution in [0.25, 0.3) is 0 Å². The highest BCUT2D eigenvalue weighted by atomic mass is 19.1. The lowest BCUT2D eigenvalue weighted by atomic mass is 10.0. The lowest BCUT2D eigenvalue weighted by Crippen LogP contribution is -2.20. The Morgan fingerprint density at radius 2 is 2.10 bits per heavy atom. The van der Waals surface area contributed by atoms with E-state index in [2.05, 4.69) is 10.1 Å². The molecule has 0 amide bonds. The van der Waals surface area contributed by atoms with Crippen LogP contribution in [0.3, 0.4) is 0 Å². The fourth-order valence-corrected chi connectivity index (χ4v) is 2.16. The Bertz CT molecular complexity index is 595. The summed E-state index contributed by atoms with van der Waals surface area (Å²) in [5, 5.41) is 4.08. The number of hydrogen-bond acceptors (Lipinski definition) is 3. The summed E-state index contributed by atoms with van der Waals surface area (Å²) in [7, 11) is 0. The molecule has 2 rings (SSSR count). The number of halogens is 2. The summed E-state index contributed by atoms with van der Waals surface area (Å²) in [6.07, 6.45) is 2.58. The van der Waals surface area contributed by atoms with E-state index < -0.39 is 17.7 Å². The zero-order chi connectivity index (χ0) is 14.7. The van der Waals surface area contributed by atoms with Gasteiger partial charge in [0, 0.05) is 24.6 Å². The van der Waals surface area contributed by atoms with E-state index in [-0.39, 0.29) is 12.0 Å². The number of aryl methyl sites for hydroxylation is 2. The number of aromatic nitrogens is 3. The Labute approximate surface area is 116 Å². The molecule has 1 aromatic carbocycles. The van der Waals surface area contributed by atoms with Gasteiger partial charge in [-0.1, -0.05) is 13.0 Å². The number of benzene rings is 1. The predicted octanol–water partition coefficient (Wildman–Crippen LogP) is 2.52. The Morgan fingerprint density at radius 3 is 2.80 bits per heavy atom. The van der Waals surface area contributed by atoms with Crippen molar-refractivity contribution in [3.8, 4) is 0 Å². The predicted molar refractivity (Wildman–Crippen MR) is 72.0 cm³/mol. The molecule has 0 bridgehead atoms. The second-order valence-corrected chi connectivity index (χ2v) is 4.80. The number of hydrogen-bond donors (Lipinski definition) is 1. The molecule has 0 saturated carbocycles. The quantitative estimate of drug-likeness (QED) is 0.915. The second-order valence-electron chi connectivity index (χ2n) is 4.80. The molecular formula is C14H18F2N4. The summed E-state index contributed by atoms with van der Waals surface area (Å²) >= 11 is 0. The van der Waals surface area contributed by atoms with Crippen molar-refractivity contribution < 1.29 is 8.78 Å². The first kappa shape index (κ1) is 14.6. The van der Waals surface area contributed by atoms with Gasteiger partial charge in [-0.15, -0.1) is 0 Å². The maximum Gasteiger partial charge on any atom is 0.138 e. The van der Waals surface area contributed by atoms with E-state index in [0.717, 1.165) is 6.42 Å². The van der Waals surface area contributed by atoms with Crippen LogP contribution in [0.2, 0.25) is 0 Å². The number of nitrogens with zero attached hydrogens (tertiary/aromatic N) is 3. The average Bonchev–Trinajstić information content (AvgIpc) is 2.82. The van der Waals surface area contributed by atoms with Crippen LogP contribution >= 0.6 is 0 Å². The third kappa shape index (κ3) is 2.85. The lowest BCUT2D eigenvalue weighted by molar-refractivity contribution is 0.500. The van der Waals surface area contributed by atoms with E-state index in [4.69, 9.17) is 5.73 Å². The minimum atomic E-state index is -0.783. The average molecular weight is 280 g/mol. The maximum atomic E-state index is 14.0. The lowest BCUT2D eigenvalue weighted by Gasteiger charge is -2.15. The van der Waals surface area contributed by atoms with Gasteiger partial charge < -0.3 is 5.73 Å². The van der Waals surface area contributed by atoms with Crippen molar-refractivity contribution in [3.05, 3.63) is 47.0 Å². The van der Waals surface area contributed by atoms with Crippen LogP contribution in [0.4, 0.5) is 8.78 Å². The highest BCUT2D eigenvalue weighted by Gasteiger charge is 2.20. The SMILES string of the molecule is CCCn1ncnc1CC(N)c1c(F)ccc(C)c1F. The molecule has 0 aliphatic heterocycles. The normalized spacial score (nSPS) is 12.7. The smallest absolute Gasteiger partial charge is 0.138 e. The van der Waals surface area contributed by atoms with Crippen molar-refractivity contribution in [2.45, 2.75) is 39.3 Å². The van der Waals surface area contributed by atoms with Crippen LogP contribution < -0.4 is 5.73 Å². The van der Waals surface area contributed by atoms with Crippen molar-refractivity contribution in [1.82, 2.24) is 14.8 Å². The molecular weight excluding hydrogens is 262 g/mol. The summed E-state index contributed by atoms with van der Waals surface area (Å²) in [6, 6.07) is 1.86. The van der Waals surface area contributed by atoms with Crippen LogP contribution in [-0.4, -0.2) is 14.8 Å². The summed E-state index contributed by atoms with van der Waals surface area (Å²) in [6.45, 7) is 4.32. The first-order valence-corrected chi connectivity index (χ1v) is 6.61. The molecule has 2 aromatic rings. The summed E-state index contributed by atoms with van der Waals surface area (Å²) in [5.41, 5.74) is 6.26. The Balaban J connectivity index is 2.26. The highest BCUT2D eigenvalue weighted by Crippen LogP contribution is 2.24. The molecule has 20 heavy (non-hydrogen) atoms. The van der Waals surface area contributed by atoms with Crippen molar-refractivity contribution in [3.63, 3.8) is 0 Å². The van der Waals surface area contributed by atoms with Crippen LogP contribution in [0.15, 0.2) is 18.5 Å².